The van der Waals surface area contributed by atoms with Gasteiger partial charge < -0.3 is 33.9 Å². The summed E-state index contributed by atoms with van der Waals surface area (Å²) < 4.78 is 55.0. The number of alkyl halides is 1. The molecule has 3 aromatic rings. The largest absolute Gasteiger partial charge is 0.508 e. The quantitative estimate of drug-likeness (QED) is 0.216. The van der Waals surface area contributed by atoms with Crippen molar-refractivity contribution in [2.24, 2.45) is 5.41 Å². The molecule has 3 saturated heterocycles. The molecule has 1 amide bonds. The SMILES string of the molecule is C#Cc1c(F)ccc2cc(O)cc(C3COc4c(nc(OC[C@]5(C)C[C@@H](F)CN5C5CC6(CCOCC6)C5)nc4N(C)C[C@@H]4CCCN4C(=O)C=C)O3)c12. The van der Waals surface area contributed by atoms with Crippen molar-refractivity contribution in [1.82, 2.24) is 19.8 Å². The Morgan fingerprint density at radius 2 is 2.04 bits per heavy atom. The second kappa shape index (κ2) is 14.2. The van der Waals surface area contributed by atoms with E-state index in [1.165, 1.54) is 24.3 Å². The number of fused-ring (bicyclic) bond motifs is 2. The molecule has 1 saturated carbocycles. The normalized spacial score (nSPS) is 26.4. The third-order valence-electron chi connectivity index (χ3n) is 12.3. The van der Waals surface area contributed by atoms with E-state index in [0.29, 0.717) is 48.2 Å². The standard InChI is InChI=1S/C41H47F2N5O6/c1-5-30-32(43)10-9-25-16-29(49)17-31(35(25)30)33-23-52-36-37(46(4)22-27-8-7-13-47(27)34(50)6-2)44-39(45-38(36)54-33)53-24-40(3)18-26(42)21-48(40)28-19-41(20-28)11-14-51-15-12-41/h1,6,9-10,16-17,26-28,33,49H,2,7-8,11-15,18-24H2,3-4H3/t26-,27+,33?,40+/m1/s1. The zero-order chi connectivity index (χ0) is 37.8. The summed E-state index contributed by atoms with van der Waals surface area (Å²) in [6.07, 6.45) is 11.4. The van der Waals surface area contributed by atoms with E-state index >= 15 is 4.39 Å². The molecule has 4 aliphatic heterocycles. The van der Waals surface area contributed by atoms with Crippen LogP contribution in [0.3, 0.4) is 0 Å². The van der Waals surface area contributed by atoms with Gasteiger partial charge in [-0.25, -0.2) is 8.78 Å². The van der Waals surface area contributed by atoms with Crippen LogP contribution in [-0.2, 0) is 9.53 Å². The van der Waals surface area contributed by atoms with E-state index in [0.717, 1.165) is 51.7 Å². The molecular formula is C41H47F2N5O6. The minimum absolute atomic E-state index is 0.0130. The van der Waals surface area contributed by atoms with E-state index in [1.807, 2.05) is 23.8 Å². The first-order valence-corrected chi connectivity index (χ1v) is 18.9. The van der Waals surface area contributed by atoms with Crippen molar-refractivity contribution in [3.63, 3.8) is 0 Å². The smallest absolute Gasteiger partial charge is 0.322 e. The van der Waals surface area contributed by atoms with E-state index in [9.17, 15) is 14.3 Å². The number of terminal acetylenes is 1. The van der Waals surface area contributed by atoms with Crippen LogP contribution < -0.4 is 19.1 Å². The number of likely N-dealkylation sites (N-methyl/N-ethyl adjacent to an activating group) is 1. The fourth-order valence-corrected chi connectivity index (χ4v) is 9.52. The summed E-state index contributed by atoms with van der Waals surface area (Å²) in [5, 5.41) is 11.6. The van der Waals surface area contributed by atoms with E-state index in [2.05, 4.69) is 22.4 Å². The molecule has 1 unspecified atom stereocenters. The Morgan fingerprint density at radius 3 is 2.80 bits per heavy atom. The number of aromatic nitrogens is 2. The lowest BCUT2D eigenvalue weighted by atomic mass is 9.60. The molecule has 5 heterocycles. The van der Waals surface area contributed by atoms with Gasteiger partial charge in [0.1, 0.15) is 31.0 Å². The van der Waals surface area contributed by atoms with Crippen molar-refractivity contribution in [1.29, 1.82) is 0 Å². The summed E-state index contributed by atoms with van der Waals surface area (Å²) in [5.41, 5.74) is 0.184. The maximum atomic E-state index is 15.2. The highest BCUT2D eigenvalue weighted by Crippen LogP contribution is 2.53. The zero-order valence-corrected chi connectivity index (χ0v) is 30.9. The van der Waals surface area contributed by atoms with Crippen molar-refractivity contribution in [2.75, 3.05) is 58.0 Å². The first-order valence-electron chi connectivity index (χ1n) is 18.9. The van der Waals surface area contributed by atoms with Crippen LogP contribution in [0.1, 0.15) is 69.1 Å². The van der Waals surface area contributed by atoms with Gasteiger partial charge >= 0.3 is 6.01 Å². The minimum Gasteiger partial charge on any atom is -0.508 e. The van der Waals surface area contributed by atoms with Crippen LogP contribution in [-0.4, -0.2) is 108 Å². The van der Waals surface area contributed by atoms with Gasteiger partial charge in [0.2, 0.25) is 11.7 Å². The van der Waals surface area contributed by atoms with Gasteiger partial charge in [0.25, 0.3) is 5.88 Å². The fourth-order valence-electron chi connectivity index (χ4n) is 9.52. The van der Waals surface area contributed by atoms with E-state index in [4.69, 9.17) is 30.4 Å². The number of likely N-dealkylation sites (tertiary alicyclic amines) is 2. The summed E-state index contributed by atoms with van der Waals surface area (Å²) >= 11 is 0. The van der Waals surface area contributed by atoms with E-state index in [1.54, 1.807) is 6.07 Å². The molecule has 2 aromatic carbocycles. The lowest BCUT2D eigenvalue weighted by Gasteiger charge is -2.55. The number of carbonyl (C=O) groups is 1. The van der Waals surface area contributed by atoms with Crippen molar-refractivity contribution in [3.8, 4) is 35.7 Å². The summed E-state index contributed by atoms with van der Waals surface area (Å²) in [6.45, 7) is 8.86. The fraction of sp³-hybridized carbons (Fsp3) is 0.537. The monoisotopic (exact) mass is 743 g/mol. The number of amides is 1. The summed E-state index contributed by atoms with van der Waals surface area (Å²) in [7, 11) is 1.86. The van der Waals surface area contributed by atoms with Crippen molar-refractivity contribution in [2.45, 2.75) is 81.8 Å². The van der Waals surface area contributed by atoms with Gasteiger partial charge in [-0.15, -0.1) is 6.42 Å². The lowest BCUT2D eigenvalue weighted by molar-refractivity contribution is -0.126. The number of halogens is 2. The van der Waals surface area contributed by atoms with Gasteiger partial charge in [-0.3, -0.25) is 9.69 Å². The predicted octanol–water partition coefficient (Wildman–Crippen LogP) is 5.72. The van der Waals surface area contributed by atoms with E-state index in [-0.39, 0.29) is 65.6 Å². The molecule has 1 N–H and O–H groups in total. The Morgan fingerprint density at radius 1 is 1.24 bits per heavy atom. The zero-order valence-electron chi connectivity index (χ0n) is 30.9. The summed E-state index contributed by atoms with van der Waals surface area (Å²) in [5.74, 6) is 2.49. The molecule has 0 radical (unpaired) electrons. The first-order chi connectivity index (χ1) is 26.0. The number of phenols is 1. The number of anilines is 1. The molecule has 4 atom stereocenters. The number of hydrogen-bond acceptors (Lipinski definition) is 10. The minimum atomic E-state index is -0.976. The maximum Gasteiger partial charge on any atom is 0.322 e. The number of carbonyl (C=O) groups excluding carboxylic acids is 1. The number of nitrogens with zero attached hydrogens (tertiary/aromatic N) is 5. The van der Waals surface area contributed by atoms with Crippen molar-refractivity contribution < 1.29 is 37.6 Å². The maximum absolute atomic E-state index is 15.2. The number of benzene rings is 2. The number of phenolic OH excluding ortho intramolecular Hbond substituents is 1. The van der Waals surface area contributed by atoms with Gasteiger partial charge in [0.05, 0.1) is 11.1 Å². The van der Waals surface area contributed by atoms with Gasteiger partial charge in [0.15, 0.2) is 11.9 Å². The third-order valence-corrected chi connectivity index (χ3v) is 12.3. The molecule has 54 heavy (non-hydrogen) atoms. The molecule has 0 bridgehead atoms. The number of rotatable bonds is 9. The van der Waals surface area contributed by atoms with Crippen molar-refractivity contribution in [3.05, 3.63) is 53.9 Å². The second-order valence-corrected chi connectivity index (χ2v) is 15.9. The Bertz CT molecular complexity index is 1990. The van der Waals surface area contributed by atoms with Crippen LogP contribution in [0, 0.1) is 23.6 Å². The first kappa shape index (κ1) is 36.3. The Balaban J connectivity index is 1.10. The molecule has 4 fully saturated rings. The van der Waals surface area contributed by atoms with Crippen molar-refractivity contribution >= 4 is 22.5 Å². The highest BCUT2D eigenvalue weighted by Gasteiger charge is 2.54. The van der Waals surface area contributed by atoms with Crippen LogP contribution in [0.25, 0.3) is 10.8 Å². The average Bonchev–Trinajstić information content (AvgIpc) is 3.74. The third kappa shape index (κ3) is 6.57. The van der Waals surface area contributed by atoms with Crippen LogP contribution in [0.15, 0.2) is 36.9 Å². The van der Waals surface area contributed by atoms with Crippen LogP contribution in [0.4, 0.5) is 14.6 Å². The average molecular weight is 744 g/mol. The van der Waals surface area contributed by atoms with Gasteiger partial charge in [-0.05, 0) is 80.5 Å². The molecule has 1 aliphatic carbocycles. The van der Waals surface area contributed by atoms with Crippen LogP contribution >= 0.6 is 0 Å². The molecular weight excluding hydrogens is 696 g/mol. The molecule has 1 aromatic heterocycles. The molecule has 11 nitrogen and oxygen atoms in total. The molecule has 8 rings (SSSR count). The number of ether oxygens (including phenoxy) is 4. The van der Waals surface area contributed by atoms with Crippen LogP contribution in [0.5, 0.6) is 23.4 Å². The molecule has 286 valence electrons. The second-order valence-electron chi connectivity index (χ2n) is 15.9. The Labute approximate surface area is 314 Å². The Hall–Kier alpha value is -4.67. The Kier molecular flexibility index (Phi) is 9.55. The van der Waals surface area contributed by atoms with Gasteiger partial charge in [0, 0.05) is 69.3 Å². The van der Waals surface area contributed by atoms with Crippen LogP contribution in [0.2, 0.25) is 0 Å². The molecule has 5 aliphatic rings. The van der Waals surface area contributed by atoms with Gasteiger partial charge in [-0.2, -0.15) is 9.97 Å². The summed E-state index contributed by atoms with van der Waals surface area (Å²) in [4.78, 5) is 28.1. The molecule has 13 heteroatoms. The van der Waals surface area contributed by atoms with Gasteiger partial charge in [-0.1, -0.05) is 18.6 Å². The number of hydrogen-bond donors (Lipinski definition) is 1. The lowest BCUT2D eigenvalue weighted by Crippen LogP contribution is -2.59. The topological polar surface area (TPSA) is 110 Å². The highest BCUT2D eigenvalue weighted by molar-refractivity contribution is 5.93. The predicted molar refractivity (Wildman–Crippen MR) is 198 cm³/mol. The highest BCUT2D eigenvalue weighted by atomic mass is 19.1. The summed E-state index contributed by atoms with van der Waals surface area (Å²) in [6, 6.07) is 6.04. The molecule has 1 spiro atoms. The van der Waals surface area contributed by atoms with E-state index < -0.39 is 23.6 Å². The number of aromatic hydroxyl groups is 1.